The lowest BCUT2D eigenvalue weighted by molar-refractivity contribution is 0.128. The van der Waals surface area contributed by atoms with Gasteiger partial charge in [-0.05, 0) is 56.2 Å². The van der Waals surface area contributed by atoms with E-state index in [4.69, 9.17) is 15.1 Å². The van der Waals surface area contributed by atoms with E-state index >= 15 is 0 Å². The van der Waals surface area contributed by atoms with E-state index in [0.29, 0.717) is 5.58 Å². The Labute approximate surface area is 175 Å². The Morgan fingerprint density at radius 3 is 2.30 bits per heavy atom. The Morgan fingerprint density at radius 1 is 0.867 bits per heavy atom. The van der Waals surface area contributed by atoms with Crippen LogP contribution >= 0.6 is 0 Å². The number of aromatic nitrogens is 3. The van der Waals surface area contributed by atoms with Crippen molar-refractivity contribution in [3.8, 4) is 11.1 Å². The summed E-state index contributed by atoms with van der Waals surface area (Å²) in [7, 11) is 0. The summed E-state index contributed by atoms with van der Waals surface area (Å²) in [4.78, 5) is 18.7. The molecule has 0 radical (unpaired) electrons. The highest BCUT2D eigenvalue weighted by Gasteiger charge is 2.26. The summed E-state index contributed by atoms with van der Waals surface area (Å²) in [5.41, 5.74) is 11.2. The van der Waals surface area contributed by atoms with Gasteiger partial charge in [-0.2, -0.15) is 4.98 Å². The average molecular weight is 403 g/mol. The van der Waals surface area contributed by atoms with Gasteiger partial charge in [0, 0.05) is 31.7 Å². The molecule has 2 N–H and O–H groups in total. The predicted octanol–water partition coefficient (Wildman–Crippen LogP) is 3.94. The van der Waals surface area contributed by atoms with Gasteiger partial charge in [-0.15, -0.1) is 0 Å². The first kappa shape index (κ1) is 18.8. The number of benzene rings is 2. The number of oxazole rings is 1. The first-order valence-corrected chi connectivity index (χ1v) is 10.3. The van der Waals surface area contributed by atoms with Gasteiger partial charge in [0.2, 0.25) is 0 Å². The molecule has 5 rings (SSSR count). The van der Waals surface area contributed by atoms with Gasteiger partial charge in [0.25, 0.3) is 6.01 Å². The number of nitrogens with zero attached hydrogens (tertiary/aromatic N) is 5. The van der Waals surface area contributed by atoms with E-state index in [1.54, 1.807) is 0 Å². The van der Waals surface area contributed by atoms with Crippen LogP contribution in [-0.4, -0.2) is 51.6 Å². The molecule has 154 valence electrons. The third-order valence-electron chi connectivity index (χ3n) is 5.82. The van der Waals surface area contributed by atoms with E-state index in [1.807, 2.05) is 30.5 Å². The molecule has 0 aliphatic carbocycles. The molecule has 7 heteroatoms. The molecular weight excluding hydrogens is 376 g/mol. The minimum absolute atomic E-state index is 0.183. The van der Waals surface area contributed by atoms with Crippen molar-refractivity contribution in [1.29, 1.82) is 0 Å². The van der Waals surface area contributed by atoms with Gasteiger partial charge < -0.3 is 15.1 Å². The maximum atomic E-state index is 5.67. The van der Waals surface area contributed by atoms with Crippen molar-refractivity contribution >= 4 is 34.0 Å². The lowest BCUT2D eigenvalue weighted by Crippen LogP contribution is -2.53. The third-order valence-corrected chi connectivity index (χ3v) is 5.82. The third kappa shape index (κ3) is 3.45. The summed E-state index contributed by atoms with van der Waals surface area (Å²) in [6.45, 7) is 10.8. The summed E-state index contributed by atoms with van der Waals surface area (Å²) in [5.74, 6) is 0.938. The SMILES string of the molecule is CC(C)(C)N1CCN(c2cnc3ccc(-c4ccc5oc(N)nc5c4)cc3n2)CC1. The van der Waals surface area contributed by atoms with Gasteiger partial charge in [0.1, 0.15) is 11.3 Å². The average Bonchev–Trinajstić information content (AvgIpc) is 3.11. The normalized spacial score (nSPS) is 15.9. The smallest absolute Gasteiger partial charge is 0.292 e. The summed E-state index contributed by atoms with van der Waals surface area (Å²) in [6.07, 6.45) is 1.89. The first-order chi connectivity index (χ1) is 14.4. The maximum absolute atomic E-state index is 5.67. The minimum Gasteiger partial charge on any atom is -0.424 e. The lowest BCUT2D eigenvalue weighted by atomic mass is 10.0. The van der Waals surface area contributed by atoms with Crippen molar-refractivity contribution in [3.63, 3.8) is 0 Å². The fourth-order valence-corrected chi connectivity index (χ4v) is 4.06. The standard InChI is InChI=1S/C23H26N6O/c1-23(2,3)29-10-8-28(9-11-29)21-14-25-17-6-4-15(12-18(17)26-21)16-5-7-20-19(13-16)27-22(24)30-20/h4-7,12-14H,8-11H2,1-3H3,(H2,24,27). The minimum atomic E-state index is 0.183. The molecule has 2 aromatic heterocycles. The number of hydrogen-bond acceptors (Lipinski definition) is 7. The summed E-state index contributed by atoms with van der Waals surface area (Å²) in [5, 5.41) is 0. The summed E-state index contributed by atoms with van der Waals surface area (Å²) in [6, 6.07) is 12.2. The molecule has 1 aliphatic heterocycles. The molecule has 0 atom stereocenters. The van der Waals surface area contributed by atoms with Crippen molar-refractivity contribution in [2.24, 2.45) is 0 Å². The largest absolute Gasteiger partial charge is 0.424 e. The van der Waals surface area contributed by atoms with Crippen LogP contribution in [0, 0.1) is 0 Å². The van der Waals surface area contributed by atoms with Crippen molar-refractivity contribution in [2.75, 3.05) is 36.8 Å². The quantitative estimate of drug-likeness (QED) is 0.543. The van der Waals surface area contributed by atoms with Crippen LogP contribution in [0.25, 0.3) is 33.3 Å². The number of nitrogens with two attached hydrogens (primary N) is 1. The molecule has 0 unspecified atom stereocenters. The van der Waals surface area contributed by atoms with Crippen LogP contribution in [0.2, 0.25) is 0 Å². The second kappa shape index (κ2) is 6.95. The molecule has 0 amide bonds. The van der Waals surface area contributed by atoms with Crippen molar-refractivity contribution in [1.82, 2.24) is 19.9 Å². The summed E-state index contributed by atoms with van der Waals surface area (Å²) < 4.78 is 5.38. The second-order valence-corrected chi connectivity index (χ2v) is 8.81. The zero-order valence-electron chi connectivity index (χ0n) is 17.6. The monoisotopic (exact) mass is 402 g/mol. The van der Waals surface area contributed by atoms with E-state index in [0.717, 1.165) is 59.7 Å². The molecule has 1 fully saturated rings. The van der Waals surface area contributed by atoms with Crippen molar-refractivity contribution in [3.05, 3.63) is 42.6 Å². The predicted molar refractivity (Wildman–Crippen MR) is 120 cm³/mol. The molecule has 7 nitrogen and oxygen atoms in total. The van der Waals surface area contributed by atoms with Crippen LogP contribution in [0.1, 0.15) is 20.8 Å². The van der Waals surface area contributed by atoms with Gasteiger partial charge in [-0.3, -0.25) is 9.88 Å². The van der Waals surface area contributed by atoms with E-state index in [2.05, 4.69) is 52.7 Å². The number of rotatable bonds is 2. The molecule has 1 aliphatic rings. The van der Waals surface area contributed by atoms with Gasteiger partial charge in [0.15, 0.2) is 5.58 Å². The first-order valence-electron chi connectivity index (χ1n) is 10.3. The fourth-order valence-electron chi connectivity index (χ4n) is 4.06. The Bertz CT molecular complexity index is 1220. The van der Waals surface area contributed by atoms with Gasteiger partial charge in [0.05, 0.1) is 17.2 Å². The molecule has 30 heavy (non-hydrogen) atoms. The molecule has 4 aromatic rings. The molecule has 0 bridgehead atoms. The second-order valence-electron chi connectivity index (χ2n) is 8.81. The molecule has 0 spiro atoms. The van der Waals surface area contributed by atoms with Crippen LogP contribution in [0.5, 0.6) is 0 Å². The molecule has 2 aromatic carbocycles. The van der Waals surface area contributed by atoms with E-state index in [1.165, 1.54) is 0 Å². The van der Waals surface area contributed by atoms with E-state index < -0.39 is 0 Å². The number of fused-ring (bicyclic) bond motifs is 2. The van der Waals surface area contributed by atoms with Crippen LogP contribution in [0.15, 0.2) is 47.0 Å². The summed E-state index contributed by atoms with van der Waals surface area (Å²) >= 11 is 0. The highest BCUT2D eigenvalue weighted by Crippen LogP contribution is 2.28. The number of piperazine rings is 1. The van der Waals surface area contributed by atoms with E-state index in [9.17, 15) is 0 Å². The van der Waals surface area contributed by atoms with Crippen LogP contribution in [-0.2, 0) is 0 Å². The van der Waals surface area contributed by atoms with E-state index in [-0.39, 0.29) is 11.6 Å². The zero-order valence-corrected chi connectivity index (χ0v) is 17.6. The Hall–Kier alpha value is -3.19. The molecule has 3 heterocycles. The van der Waals surface area contributed by atoms with Crippen molar-refractivity contribution < 1.29 is 4.42 Å². The highest BCUT2D eigenvalue weighted by atomic mass is 16.4. The number of hydrogen-bond donors (Lipinski definition) is 1. The lowest BCUT2D eigenvalue weighted by Gasteiger charge is -2.42. The van der Waals surface area contributed by atoms with Crippen LogP contribution in [0.4, 0.5) is 11.8 Å². The van der Waals surface area contributed by atoms with Gasteiger partial charge >= 0.3 is 0 Å². The fraction of sp³-hybridized carbons (Fsp3) is 0.348. The Balaban J connectivity index is 1.44. The Morgan fingerprint density at radius 2 is 1.57 bits per heavy atom. The van der Waals surface area contributed by atoms with Crippen LogP contribution in [0.3, 0.4) is 0 Å². The van der Waals surface area contributed by atoms with Gasteiger partial charge in [-0.25, -0.2) is 4.98 Å². The van der Waals surface area contributed by atoms with Crippen molar-refractivity contribution in [2.45, 2.75) is 26.3 Å². The van der Waals surface area contributed by atoms with Crippen LogP contribution < -0.4 is 10.6 Å². The maximum Gasteiger partial charge on any atom is 0.292 e. The molecular formula is C23H26N6O. The molecule has 1 saturated heterocycles. The van der Waals surface area contributed by atoms with Gasteiger partial charge in [-0.1, -0.05) is 12.1 Å². The highest BCUT2D eigenvalue weighted by molar-refractivity contribution is 5.86. The number of nitrogen functional groups attached to an aromatic ring is 1. The molecule has 0 saturated carbocycles. The zero-order chi connectivity index (χ0) is 20.9. The topological polar surface area (TPSA) is 84.3 Å². The number of anilines is 2. The Kier molecular flexibility index (Phi) is 4.36.